The summed E-state index contributed by atoms with van der Waals surface area (Å²) in [6.45, 7) is 0. The highest BCUT2D eigenvalue weighted by molar-refractivity contribution is 6.31. The molecule has 1 heterocycles. The lowest BCUT2D eigenvalue weighted by Crippen LogP contribution is -2.08. The van der Waals surface area contributed by atoms with Crippen molar-refractivity contribution < 1.29 is 19.0 Å². The van der Waals surface area contributed by atoms with Gasteiger partial charge in [-0.1, -0.05) is 11.6 Å². The lowest BCUT2D eigenvalue weighted by atomic mass is 10.2. The minimum atomic E-state index is -1.29. The molecule has 0 saturated heterocycles. The number of carbonyl (C=O) groups is 1. The molecule has 2 aromatic carbocycles. The van der Waals surface area contributed by atoms with Crippen LogP contribution in [0, 0.1) is 5.82 Å². The molecule has 0 aliphatic carbocycles. The number of nitrogens with two attached hydrogens (primary N) is 1. The number of nitrogens with zero attached hydrogens (tertiary/aromatic N) is 2. The fourth-order valence-electron chi connectivity index (χ4n) is 2.25. The fourth-order valence-corrected chi connectivity index (χ4v) is 2.43. The summed E-state index contributed by atoms with van der Waals surface area (Å²) in [7, 11) is 1.44. The van der Waals surface area contributed by atoms with Gasteiger partial charge in [0.1, 0.15) is 17.4 Å². The Kier molecular flexibility index (Phi) is 4.28. The average Bonchev–Trinajstić information content (AvgIpc) is 2.57. The van der Waals surface area contributed by atoms with Crippen LogP contribution < -0.4 is 15.8 Å². The van der Waals surface area contributed by atoms with Crippen LogP contribution in [0.2, 0.25) is 5.02 Å². The largest absolute Gasteiger partial charge is 0.495 e. The first-order chi connectivity index (χ1) is 11.9. The molecule has 7 nitrogen and oxygen atoms in total. The van der Waals surface area contributed by atoms with Gasteiger partial charge in [-0.2, -0.15) is 0 Å². The first-order valence-corrected chi connectivity index (χ1v) is 7.37. The number of aromatic carboxylic acids is 1. The molecule has 0 aliphatic heterocycles. The topological polar surface area (TPSA) is 110 Å². The van der Waals surface area contributed by atoms with Gasteiger partial charge in [-0.15, -0.1) is 0 Å². The molecule has 0 spiro atoms. The minimum absolute atomic E-state index is 0.0806. The molecule has 1 aromatic heterocycles. The van der Waals surface area contributed by atoms with E-state index >= 15 is 0 Å². The van der Waals surface area contributed by atoms with Crippen LogP contribution in [0.1, 0.15) is 10.6 Å². The molecule has 3 rings (SSSR count). The number of carboxylic acids is 1. The van der Waals surface area contributed by atoms with Crippen molar-refractivity contribution in [2.75, 3.05) is 18.2 Å². The first kappa shape index (κ1) is 16.7. The number of carboxylic acid groups (broad SMARTS) is 1. The Hall–Kier alpha value is -3.13. The lowest BCUT2D eigenvalue weighted by molar-refractivity contribution is 0.0684. The molecule has 0 amide bonds. The quantitative estimate of drug-likeness (QED) is 0.609. The molecule has 0 radical (unpaired) electrons. The van der Waals surface area contributed by atoms with Crippen LogP contribution in [-0.4, -0.2) is 28.2 Å². The summed E-state index contributed by atoms with van der Waals surface area (Å²) in [5.74, 6) is -1.72. The van der Waals surface area contributed by atoms with Crippen LogP contribution in [0.25, 0.3) is 10.9 Å². The molecule has 0 atom stereocenters. The Morgan fingerprint density at radius 1 is 1.32 bits per heavy atom. The molecule has 4 N–H and O–H groups in total. The summed E-state index contributed by atoms with van der Waals surface area (Å²) in [4.78, 5) is 19.3. The zero-order chi connectivity index (χ0) is 18.1. The zero-order valence-electron chi connectivity index (χ0n) is 12.9. The summed E-state index contributed by atoms with van der Waals surface area (Å²) < 4.78 is 18.4. The maximum atomic E-state index is 13.3. The van der Waals surface area contributed by atoms with Crippen molar-refractivity contribution in [3.8, 4) is 5.75 Å². The second kappa shape index (κ2) is 6.40. The second-order valence-corrected chi connectivity index (χ2v) is 5.47. The smallest absolute Gasteiger partial charge is 0.374 e. The number of nitrogen functional groups attached to an aromatic ring is 1. The molecular weight excluding hydrogens is 351 g/mol. The summed E-state index contributed by atoms with van der Waals surface area (Å²) in [6, 6.07) is 7.07. The van der Waals surface area contributed by atoms with Crippen molar-refractivity contribution in [2.24, 2.45) is 0 Å². The Bertz CT molecular complexity index is 997. The van der Waals surface area contributed by atoms with E-state index in [0.29, 0.717) is 28.0 Å². The third-order valence-electron chi connectivity index (χ3n) is 3.42. The normalized spacial score (nSPS) is 10.7. The van der Waals surface area contributed by atoms with E-state index in [9.17, 15) is 14.3 Å². The van der Waals surface area contributed by atoms with Crippen LogP contribution in [0.4, 0.5) is 21.6 Å². The van der Waals surface area contributed by atoms with Crippen LogP contribution in [0.3, 0.4) is 0 Å². The highest BCUT2D eigenvalue weighted by atomic mass is 35.5. The van der Waals surface area contributed by atoms with Crippen molar-refractivity contribution in [3.63, 3.8) is 0 Å². The van der Waals surface area contributed by atoms with E-state index < -0.39 is 17.6 Å². The maximum absolute atomic E-state index is 13.3. The van der Waals surface area contributed by atoms with Crippen LogP contribution in [-0.2, 0) is 0 Å². The first-order valence-electron chi connectivity index (χ1n) is 6.99. The monoisotopic (exact) mass is 362 g/mol. The Morgan fingerprint density at radius 2 is 2.08 bits per heavy atom. The van der Waals surface area contributed by atoms with Crippen molar-refractivity contribution in [1.82, 2.24) is 9.97 Å². The number of ether oxygens (including phenoxy) is 1. The van der Waals surface area contributed by atoms with Gasteiger partial charge in [0.15, 0.2) is 0 Å². The number of hydrogen-bond acceptors (Lipinski definition) is 6. The lowest BCUT2D eigenvalue weighted by Gasteiger charge is -2.12. The number of methoxy groups -OCH3 is 1. The molecule has 0 fully saturated rings. The highest BCUT2D eigenvalue weighted by Crippen LogP contribution is 2.32. The summed E-state index contributed by atoms with van der Waals surface area (Å²) >= 11 is 5.77. The summed E-state index contributed by atoms with van der Waals surface area (Å²) in [5.41, 5.74) is 7.00. The Balaban J connectivity index is 2.18. The number of halogens is 2. The number of hydrogen-bond donors (Lipinski definition) is 3. The third kappa shape index (κ3) is 3.24. The van der Waals surface area contributed by atoms with E-state index in [0.717, 1.165) is 0 Å². The maximum Gasteiger partial charge on any atom is 0.374 e. The van der Waals surface area contributed by atoms with Gasteiger partial charge in [-0.05, 0) is 24.3 Å². The van der Waals surface area contributed by atoms with Gasteiger partial charge in [0, 0.05) is 17.1 Å². The van der Waals surface area contributed by atoms with Gasteiger partial charge < -0.3 is 20.9 Å². The predicted molar refractivity (Wildman–Crippen MR) is 92.2 cm³/mol. The average molecular weight is 363 g/mol. The van der Waals surface area contributed by atoms with Crippen molar-refractivity contribution in [1.29, 1.82) is 0 Å². The molecule has 0 saturated carbocycles. The SMILES string of the molecule is COc1cc2nc(C(=O)O)nc(Nc3ccc(F)c(Cl)c3)c2cc1N. The van der Waals surface area contributed by atoms with Gasteiger partial charge in [0.05, 0.1) is 23.3 Å². The van der Waals surface area contributed by atoms with Crippen LogP contribution in [0.15, 0.2) is 30.3 Å². The molecule has 128 valence electrons. The Morgan fingerprint density at radius 3 is 2.72 bits per heavy atom. The Labute approximate surface area is 146 Å². The van der Waals surface area contributed by atoms with Gasteiger partial charge in [0.2, 0.25) is 5.82 Å². The third-order valence-corrected chi connectivity index (χ3v) is 3.71. The van der Waals surface area contributed by atoms with Crippen LogP contribution in [0.5, 0.6) is 5.75 Å². The minimum Gasteiger partial charge on any atom is -0.495 e. The highest BCUT2D eigenvalue weighted by Gasteiger charge is 2.15. The molecule has 25 heavy (non-hydrogen) atoms. The van der Waals surface area contributed by atoms with Gasteiger partial charge in [-0.3, -0.25) is 0 Å². The van der Waals surface area contributed by atoms with Gasteiger partial charge in [-0.25, -0.2) is 19.2 Å². The molecule has 0 unspecified atom stereocenters. The number of nitrogens with one attached hydrogen (secondary N) is 1. The molecule has 0 aliphatic rings. The van der Waals surface area contributed by atoms with E-state index in [1.807, 2.05) is 0 Å². The standard InChI is InChI=1S/C16H12ClFN4O3/c1-25-13-6-12-8(5-11(13)19)14(22-15(21-12)16(23)24)20-7-2-3-10(18)9(17)4-7/h2-6H,19H2,1H3,(H,23,24)(H,20,21,22). The number of benzene rings is 2. The second-order valence-electron chi connectivity index (χ2n) is 5.07. The van der Waals surface area contributed by atoms with E-state index in [1.54, 1.807) is 6.07 Å². The number of aromatic nitrogens is 2. The van der Waals surface area contributed by atoms with E-state index in [4.69, 9.17) is 22.1 Å². The van der Waals surface area contributed by atoms with Gasteiger partial charge >= 0.3 is 5.97 Å². The number of fused-ring (bicyclic) bond motifs is 1. The molecular formula is C16H12ClFN4O3. The molecule has 9 heteroatoms. The van der Waals surface area contributed by atoms with E-state index in [2.05, 4.69) is 15.3 Å². The van der Waals surface area contributed by atoms with Crippen molar-refractivity contribution in [3.05, 3.63) is 47.0 Å². The molecule has 3 aromatic rings. The van der Waals surface area contributed by atoms with Gasteiger partial charge in [0.25, 0.3) is 0 Å². The number of rotatable bonds is 4. The summed E-state index contributed by atoms with van der Waals surface area (Å²) in [5, 5.41) is 12.5. The van der Waals surface area contributed by atoms with Crippen molar-refractivity contribution >= 4 is 45.7 Å². The van der Waals surface area contributed by atoms with Crippen LogP contribution >= 0.6 is 11.6 Å². The molecule has 0 bridgehead atoms. The zero-order valence-corrected chi connectivity index (χ0v) is 13.6. The van der Waals surface area contributed by atoms with E-state index in [-0.39, 0.29) is 10.8 Å². The fraction of sp³-hybridized carbons (Fsp3) is 0.0625. The van der Waals surface area contributed by atoms with E-state index in [1.165, 1.54) is 31.4 Å². The van der Waals surface area contributed by atoms with Crippen molar-refractivity contribution in [2.45, 2.75) is 0 Å². The summed E-state index contributed by atoms with van der Waals surface area (Å²) in [6.07, 6.45) is 0. The predicted octanol–water partition coefficient (Wildman–Crippen LogP) is 3.45. The number of anilines is 3.